The van der Waals surface area contributed by atoms with Crippen molar-refractivity contribution in [3.05, 3.63) is 68.0 Å². The van der Waals surface area contributed by atoms with E-state index in [1.165, 1.54) is 24.3 Å². The molecule has 1 amide bonds. The van der Waals surface area contributed by atoms with Gasteiger partial charge in [-0.2, -0.15) is 4.39 Å². The van der Waals surface area contributed by atoms with Crippen molar-refractivity contribution in [2.45, 2.75) is 19.8 Å². The van der Waals surface area contributed by atoms with Crippen LogP contribution in [0.2, 0.25) is 0 Å². The maximum Gasteiger partial charge on any atom is 0.306 e. The van der Waals surface area contributed by atoms with Crippen LogP contribution in [0.4, 0.5) is 27.1 Å². The number of nitro groups is 2. The van der Waals surface area contributed by atoms with Crippen molar-refractivity contribution >= 4 is 28.7 Å². The van der Waals surface area contributed by atoms with Crippen LogP contribution in [-0.2, 0) is 0 Å². The van der Waals surface area contributed by atoms with Crippen LogP contribution in [0.25, 0.3) is 0 Å². The highest BCUT2D eigenvalue weighted by atomic mass is 19.1. The normalized spacial score (nSPS) is 14.5. The monoisotopic (exact) mass is 402 g/mol. The van der Waals surface area contributed by atoms with Crippen molar-refractivity contribution in [3.63, 3.8) is 0 Å². The van der Waals surface area contributed by atoms with Crippen LogP contribution in [0.3, 0.4) is 0 Å². The first-order valence-corrected chi connectivity index (χ1v) is 9.05. The second-order valence-electron chi connectivity index (χ2n) is 7.01. The Morgan fingerprint density at radius 3 is 2.41 bits per heavy atom. The number of piperidine rings is 1. The van der Waals surface area contributed by atoms with Crippen molar-refractivity contribution in [1.29, 1.82) is 0 Å². The van der Waals surface area contributed by atoms with Gasteiger partial charge in [-0.3, -0.25) is 25.0 Å². The molecule has 9 nitrogen and oxygen atoms in total. The second-order valence-corrected chi connectivity index (χ2v) is 7.01. The topological polar surface area (TPSA) is 119 Å². The fraction of sp³-hybridized carbons (Fsp3) is 0.316. The highest BCUT2D eigenvalue weighted by Crippen LogP contribution is 2.30. The van der Waals surface area contributed by atoms with Gasteiger partial charge in [0.25, 0.3) is 11.6 Å². The zero-order chi connectivity index (χ0) is 21.1. The number of rotatable bonds is 5. The Hall–Kier alpha value is -3.56. The van der Waals surface area contributed by atoms with Gasteiger partial charge >= 0.3 is 5.69 Å². The van der Waals surface area contributed by atoms with Crippen LogP contribution in [0.15, 0.2) is 36.4 Å². The SMILES string of the molecule is CC1CCN(c2ccc([N+](=O)[O-])cc2C(=O)Nc2ccc(F)c([N+](=O)[O-])c2)CC1. The molecule has 2 aromatic carbocycles. The summed E-state index contributed by atoms with van der Waals surface area (Å²) in [6, 6.07) is 7.05. The fourth-order valence-electron chi connectivity index (χ4n) is 3.27. The Balaban J connectivity index is 1.94. The molecule has 0 spiro atoms. The quantitative estimate of drug-likeness (QED) is 0.593. The van der Waals surface area contributed by atoms with Gasteiger partial charge in [-0.15, -0.1) is 0 Å². The molecule has 0 atom stereocenters. The first-order chi connectivity index (χ1) is 13.8. The summed E-state index contributed by atoms with van der Waals surface area (Å²) in [5.41, 5.74) is -0.355. The predicted molar refractivity (Wildman–Crippen MR) is 105 cm³/mol. The number of non-ortho nitro benzene ring substituents is 1. The molecule has 0 unspecified atom stereocenters. The summed E-state index contributed by atoms with van der Waals surface area (Å²) >= 11 is 0. The van der Waals surface area contributed by atoms with Gasteiger partial charge in [-0.05, 0) is 37.0 Å². The number of amides is 1. The van der Waals surface area contributed by atoms with Gasteiger partial charge in [-0.1, -0.05) is 6.92 Å². The van der Waals surface area contributed by atoms with E-state index >= 15 is 0 Å². The molecule has 1 heterocycles. The van der Waals surface area contributed by atoms with E-state index in [4.69, 9.17) is 0 Å². The zero-order valence-electron chi connectivity index (χ0n) is 15.6. The van der Waals surface area contributed by atoms with E-state index in [-0.39, 0.29) is 16.9 Å². The molecule has 0 aliphatic carbocycles. The Bertz CT molecular complexity index is 973. The molecule has 10 heteroatoms. The van der Waals surface area contributed by atoms with E-state index in [1.54, 1.807) is 0 Å². The molecule has 1 saturated heterocycles. The van der Waals surface area contributed by atoms with E-state index in [9.17, 15) is 29.4 Å². The van der Waals surface area contributed by atoms with Gasteiger partial charge < -0.3 is 10.2 Å². The van der Waals surface area contributed by atoms with Crippen molar-refractivity contribution in [2.75, 3.05) is 23.3 Å². The summed E-state index contributed by atoms with van der Waals surface area (Å²) in [5, 5.41) is 24.5. The molecule has 0 bridgehead atoms. The molecule has 1 aliphatic rings. The molecule has 1 N–H and O–H groups in total. The lowest BCUT2D eigenvalue weighted by atomic mass is 9.98. The number of benzene rings is 2. The molecule has 1 aliphatic heterocycles. The molecular formula is C19H19FN4O5. The summed E-state index contributed by atoms with van der Waals surface area (Å²) in [6.45, 7) is 3.56. The number of carbonyl (C=O) groups is 1. The molecular weight excluding hydrogens is 383 g/mol. The highest BCUT2D eigenvalue weighted by Gasteiger charge is 2.24. The number of carbonyl (C=O) groups excluding carboxylic acids is 1. The van der Waals surface area contributed by atoms with Crippen LogP contribution < -0.4 is 10.2 Å². The van der Waals surface area contributed by atoms with Gasteiger partial charge in [0.2, 0.25) is 5.82 Å². The van der Waals surface area contributed by atoms with Gasteiger partial charge in [-0.25, -0.2) is 0 Å². The summed E-state index contributed by atoms with van der Waals surface area (Å²) in [6.07, 6.45) is 1.87. The molecule has 0 radical (unpaired) electrons. The third-order valence-electron chi connectivity index (χ3n) is 4.96. The minimum absolute atomic E-state index is 0.0211. The fourth-order valence-corrected chi connectivity index (χ4v) is 3.27. The minimum Gasteiger partial charge on any atom is -0.371 e. The summed E-state index contributed by atoms with van der Waals surface area (Å²) in [4.78, 5) is 35.4. The summed E-state index contributed by atoms with van der Waals surface area (Å²) < 4.78 is 13.5. The predicted octanol–water partition coefficient (Wildman–Crippen LogP) is 4.13. The van der Waals surface area contributed by atoms with E-state index in [0.717, 1.165) is 25.0 Å². The van der Waals surface area contributed by atoms with Crippen molar-refractivity contribution in [2.24, 2.45) is 5.92 Å². The Labute approximate surface area is 165 Å². The third kappa shape index (κ3) is 4.48. The zero-order valence-corrected chi connectivity index (χ0v) is 15.6. The van der Waals surface area contributed by atoms with Crippen molar-refractivity contribution < 1.29 is 19.0 Å². The molecule has 1 fully saturated rings. The lowest BCUT2D eigenvalue weighted by Crippen LogP contribution is -2.34. The Kier molecular flexibility index (Phi) is 5.71. The minimum atomic E-state index is -1.02. The molecule has 29 heavy (non-hydrogen) atoms. The number of nitrogens with one attached hydrogen (secondary N) is 1. The average molecular weight is 402 g/mol. The van der Waals surface area contributed by atoms with Gasteiger partial charge in [0, 0.05) is 37.0 Å². The van der Waals surface area contributed by atoms with E-state index in [0.29, 0.717) is 24.7 Å². The average Bonchev–Trinajstić information content (AvgIpc) is 2.69. The molecule has 2 aromatic rings. The maximum absolute atomic E-state index is 13.5. The van der Waals surface area contributed by atoms with Crippen LogP contribution in [0.5, 0.6) is 0 Å². The first-order valence-electron chi connectivity index (χ1n) is 9.05. The summed E-state index contributed by atoms with van der Waals surface area (Å²) in [7, 11) is 0. The third-order valence-corrected chi connectivity index (χ3v) is 4.96. The van der Waals surface area contributed by atoms with Crippen LogP contribution in [0.1, 0.15) is 30.1 Å². The number of halogens is 1. The number of hydrogen-bond acceptors (Lipinski definition) is 6. The van der Waals surface area contributed by atoms with E-state index in [2.05, 4.69) is 12.2 Å². The molecule has 0 saturated carbocycles. The highest BCUT2D eigenvalue weighted by molar-refractivity contribution is 6.08. The van der Waals surface area contributed by atoms with E-state index in [1.807, 2.05) is 4.90 Å². The lowest BCUT2D eigenvalue weighted by Gasteiger charge is -2.33. The Morgan fingerprint density at radius 2 is 1.79 bits per heavy atom. The Morgan fingerprint density at radius 1 is 1.10 bits per heavy atom. The van der Waals surface area contributed by atoms with Crippen molar-refractivity contribution in [1.82, 2.24) is 0 Å². The van der Waals surface area contributed by atoms with Gasteiger partial charge in [0.1, 0.15) is 0 Å². The van der Waals surface area contributed by atoms with Crippen LogP contribution in [0, 0.1) is 32.0 Å². The smallest absolute Gasteiger partial charge is 0.306 e. The number of anilines is 2. The van der Waals surface area contributed by atoms with Crippen molar-refractivity contribution in [3.8, 4) is 0 Å². The number of nitro benzene ring substituents is 2. The molecule has 3 rings (SSSR count). The van der Waals surface area contributed by atoms with E-state index < -0.39 is 27.3 Å². The second kappa shape index (κ2) is 8.21. The first kappa shape index (κ1) is 20.2. The lowest BCUT2D eigenvalue weighted by molar-refractivity contribution is -0.387. The molecule has 0 aromatic heterocycles. The maximum atomic E-state index is 13.5. The summed E-state index contributed by atoms with van der Waals surface area (Å²) in [5.74, 6) is -1.13. The number of nitrogens with zero attached hydrogens (tertiary/aromatic N) is 3. The standard InChI is InChI=1S/C19H19FN4O5/c1-12-6-8-22(9-7-12)17-5-3-14(23(26)27)11-15(17)19(25)21-13-2-4-16(20)18(10-13)24(28)29/h2-5,10-12H,6-9H2,1H3,(H,21,25). The largest absolute Gasteiger partial charge is 0.371 e. The van der Waals surface area contributed by atoms with Crippen LogP contribution >= 0.6 is 0 Å². The molecule has 152 valence electrons. The van der Waals surface area contributed by atoms with Crippen LogP contribution in [-0.4, -0.2) is 28.8 Å². The number of hydrogen-bond donors (Lipinski definition) is 1. The van der Waals surface area contributed by atoms with Gasteiger partial charge in [0.15, 0.2) is 0 Å². The van der Waals surface area contributed by atoms with Gasteiger partial charge in [0.05, 0.1) is 21.1 Å².